The lowest BCUT2D eigenvalue weighted by Crippen LogP contribution is -2.02. The van der Waals surface area contributed by atoms with Gasteiger partial charge in [-0.1, -0.05) is 5.92 Å². The Balaban J connectivity index is 3.26. The summed E-state index contributed by atoms with van der Waals surface area (Å²) in [6.07, 6.45) is 0.412. The molecule has 0 aromatic heterocycles. The summed E-state index contributed by atoms with van der Waals surface area (Å²) in [6.45, 7) is 5.35. The number of ketones is 1. The van der Waals surface area contributed by atoms with Gasteiger partial charge < -0.3 is 4.74 Å². The molecule has 16 heavy (non-hydrogen) atoms. The summed E-state index contributed by atoms with van der Waals surface area (Å²) in [6, 6.07) is 3.86. The van der Waals surface area contributed by atoms with Gasteiger partial charge in [-0.3, -0.25) is 4.79 Å². The Morgan fingerprint density at radius 1 is 1.44 bits per heavy atom. The monoisotopic (exact) mass is 216 g/mol. The SMILES string of the molecule is CC#Cc1cc(C)c(CC(C)=O)c(OC)c1. The van der Waals surface area contributed by atoms with E-state index < -0.39 is 0 Å². The van der Waals surface area contributed by atoms with Crippen molar-refractivity contribution in [3.8, 4) is 17.6 Å². The third kappa shape index (κ3) is 2.87. The van der Waals surface area contributed by atoms with E-state index in [9.17, 15) is 4.79 Å². The van der Waals surface area contributed by atoms with Crippen LogP contribution in [-0.4, -0.2) is 12.9 Å². The Morgan fingerprint density at radius 2 is 2.12 bits per heavy atom. The average Bonchev–Trinajstić information content (AvgIpc) is 2.21. The highest BCUT2D eigenvalue weighted by Crippen LogP contribution is 2.24. The third-order valence-corrected chi connectivity index (χ3v) is 2.35. The van der Waals surface area contributed by atoms with Crippen molar-refractivity contribution in [2.45, 2.75) is 27.2 Å². The second kappa shape index (κ2) is 5.37. The molecule has 2 heteroatoms. The van der Waals surface area contributed by atoms with Crippen molar-refractivity contribution >= 4 is 5.78 Å². The molecule has 0 aliphatic carbocycles. The van der Waals surface area contributed by atoms with E-state index >= 15 is 0 Å². The number of aryl methyl sites for hydroxylation is 1. The van der Waals surface area contributed by atoms with Gasteiger partial charge in [-0.05, 0) is 38.5 Å². The molecule has 0 saturated carbocycles. The molecule has 0 bridgehead atoms. The van der Waals surface area contributed by atoms with E-state index in [4.69, 9.17) is 4.74 Å². The first-order valence-electron chi connectivity index (χ1n) is 5.18. The first-order valence-corrected chi connectivity index (χ1v) is 5.18. The number of ether oxygens (including phenoxy) is 1. The van der Waals surface area contributed by atoms with E-state index in [0.29, 0.717) is 6.42 Å². The summed E-state index contributed by atoms with van der Waals surface area (Å²) >= 11 is 0. The molecule has 0 atom stereocenters. The van der Waals surface area contributed by atoms with Crippen LogP contribution in [0.5, 0.6) is 5.75 Å². The van der Waals surface area contributed by atoms with Crippen LogP contribution in [0.3, 0.4) is 0 Å². The molecule has 2 nitrogen and oxygen atoms in total. The largest absolute Gasteiger partial charge is 0.496 e. The Morgan fingerprint density at radius 3 is 2.62 bits per heavy atom. The van der Waals surface area contributed by atoms with Crippen molar-refractivity contribution in [2.24, 2.45) is 0 Å². The van der Waals surface area contributed by atoms with Gasteiger partial charge in [-0.2, -0.15) is 0 Å². The van der Waals surface area contributed by atoms with Gasteiger partial charge in [0.25, 0.3) is 0 Å². The van der Waals surface area contributed by atoms with Crippen molar-refractivity contribution in [2.75, 3.05) is 7.11 Å². The molecular weight excluding hydrogens is 200 g/mol. The molecule has 0 saturated heterocycles. The molecule has 0 N–H and O–H groups in total. The molecule has 0 radical (unpaired) electrons. The lowest BCUT2D eigenvalue weighted by Gasteiger charge is -2.11. The van der Waals surface area contributed by atoms with E-state index in [1.54, 1.807) is 21.0 Å². The first kappa shape index (κ1) is 12.3. The highest BCUT2D eigenvalue weighted by atomic mass is 16.5. The molecule has 0 heterocycles. The van der Waals surface area contributed by atoms with Gasteiger partial charge in [0, 0.05) is 17.5 Å². The van der Waals surface area contributed by atoms with Crippen LogP contribution in [0.25, 0.3) is 0 Å². The van der Waals surface area contributed by atoms with Crippen LogP contribution in [0.1, 0.15) is 30.5 Å². The lowest BCUT2D eigenvalue weighted by molar-refractivity contribution is -0.116. The van der Waals surface area contributed by atoms with E-state index in [2.05, 4.69) is 11.8 Å². The van der Waals surface area contributed by atoms with Crippen LogP contribution in [0.4, 0.5) is 0 Å². The molecule has 84 valence electrons. The molecule has 0 fully saturated rings. The number of hydrogen-bond donors (Lipinski definition) is 0. The van der Waals surface area contributed by atoms with Crippen LogP contribution in [0.2, 0.25) is 0 Å². The smallest absolute Gasteiger partial charge is 0.134 e. The summed E-state index contributed by atoms with van der Waals surface area (Å²) in [5.41, 5.74) is 2.92. The molecular formula is C14H16O2. The topological polar surface area (TPSA) is 26.3 Å². The Kier molecular flexibility index (Phi) is 4.13. The van der Waals surface area contributed by atoms with Gasteiger partial charge >= 0.3 is 0 Å². The van der Waals surface area contributed by atoms with Crippen molar-refractivity contribution in [1.29, 1.82) is 0 Å². The third-order valence-electron chi connectivity index (χ3n) is 2.35. The molecule has 0 amide bonds. The highest BCUT2D eigenvalue weighted by Gasteiger charge is 2.10. The maximum atomic E-state index is 11.2. The van der Waals surface area contributed by atoms with Gasteiger partial charge in [-0.15, -0.1) is 5.92 Å². The van der Waals surface area contributed by atoms with Gasteiger partial charge in [0.05, 0.1) is 7.11 Å². The predicted octanol–water partition coefficient (Wildman–Crippen LogP) is 2.51. The maximum absolute atomic E-state index is 11.2. The summed E-state index contributed by atoms with van der Waals surface area (Å²) in [7, 11) is 1.61. The van der Waals surface area contributed by atoms with Crippen molar-refractivity contribution in [3.63, 3.8) is 0 Å². The summed E-state index contributed by atoms with van der Waals surface area (Å²) in [4.78, 5) is 11.2. The molecule has 1 aromatic carbocycles. The molecule has 0 unspecified atom stereocenters. The number of methoxy groups -OCH3 is 1. The first-order chi connectivity index (χ1) is 7.58. The van der Waals surface area contributed by atoms with Crippen LogP contribution in [0.15, 0.2) is 12.1 Å². The average molecular weight is 216 g/mol. The second-order valence-electron chi connectivity index (χ2n) is 3.73. The van der Waals surface area contributed by atoms with E-state index in [-0.39, 0.29) is 5.78 Å². The van der Waals surface area contributed by atoms with Crippen LogP contribution < -0.4 is 4.74 Å². The van der Waals surface area contributed by atoms with Gasteiger partial charge in [0.1, 0.15) is 11.5 Å². The minimum Gasteiger partial charge on any atom is -0.496 e. The predicted molar refractivity (Wildman–Crippen MR) is 64.7 cm³/mol. The van der Waals surface area contributed by atoms with Crippen molar-refractivity contribution < 1.29 is 9.53 Å². The summed E-state index contributed by atoms with van der Waals surface area (Å²) in [5.74, 6) is 6.72. The van der Waals surface area contributed by atoms with Crippen LogP contribution in [-0.2, 0) is 11.2 Å². The fourth-order valence-electron chi connectivity index (χ4n) is 1.66. The zero-order valence-corrected chi connectivity index (χ0v) is 10.2. The van der Waals surface area contributed by atoms with Crippen LogP contribution >= 0.6 is 0 Å². The van der Waals surface area contributed by atoms with Crippen LogP contribution in [0, 0.1) is 18.8 Å². The number of hydrogen-bond acceptors (Lipinski definition) is 2. The van der Waals surface area contributed by atoms with E-state index in [1.165, 1.54) is 0 Å². The lowest BCUT2D eigenvalue weighted by atomic mass is 9.99. The van der Waals surface area contributed by atoms with Crippen molar-refractivity contribution in [1.82, 2.24) is 0 Å². The van der Waals surface area contributed by atoms with Crippen molar-refractivity contribution in [3.05, 3.63) is 28.8 Å². The van der Waals surface area contributed by atoms with Gasteiger partial charge in [0.2, 0.25) is 0 Å². The number of benzene rings is 1. The Hall–Kier alpha value is -1.75. The van der Waals surface area contributed by atoms with Gasteiger partial charge in [-0.25, -0.2) is 0 Å². The number of rotatable bonds is 3. The Bertz CT molecular complexity index is 462. The Labute approximate surface area is 96.6 Å². The maximum Gasteiger partial charge on any atom is 0.134 e. The zero-order chi connectivity index (χ0) is 12.1. The fourth-order valence-corrected chi connectivity index (χ4v) is 1.66. The number of Topliss-reactive ketones (excluding diaryl/α,β-unsaturated/α-hetero) is 1. The second-order valence-corrected chi connectivity index (χ2v) is 3.73. The molecule has 0 spiro atoms. The minimum absolute atomic E-state index is 0.135. The quantitative estimate of drug-likeness (QED) is 0.726. The molecule has 1 aromatic rings. The zero-order valence-electron chi connectivity index (χ0n) is 10.2. The molecule has 0 aliphatic rings. The fraction of sp³-hybridized carbons (Fsp3) is 0.357. The number of carbonyl (C=O) groups excluding carboxylic acids is 1. The van der Waals surface area contributed by atoms with Gasteiger partial charge in [0.15, 0.2) is 0 Å². The molecule has 1 rings (SSSR count). The summed E-state index contributed by atoms with van der Waals surface area (Å²) in [5, 5.41) is 0. The standard InChI is InChI=1S/C14H16O2/c1-5-6-12-7-10(2)13(8-11(3)15)14(9-12)16-4/h7,9H,8H2,1-4H3. The minimum atomic E-state index is 0.135. The summed E-state index contributed by atoms with van der Waals surface area (Å²) < 4.78 is 5.29. The normalized spacial score (nSPS) is 9.25. The highest BCUT2D eigenvalue weighted by molar-refractivity contribution is 5.79. The van der Waals surface area contributed by atoms with E-state index in [0.717, 1.165) is 22.4 Å². The van der Waals surface area contributed by atoms with E-state index in [1.807, 2.05) is 19.1 Å². The molecule has 0 aliphatic heterocycles. The number of carbonyl (C=O) groups is 1.